The van der Waals surface area contributed by atoms with Gasteiger partial charge in [0, 0.05) is 30.3 Å². The number of hydrogen-bond acceptors (Lipinski definition) is 5. The number of aromatic nitrogens is 1. The summed E-state index contributed by atoms with van der Waals surface area (Å²) in [6, 6.07) is 5.16. The van der Waals surface area contributed by atoms with Crippen LogP contribution >= 0.6 is 10.6 Å². The summed E-state index contributed by atoms with van der Waals surface area (Å²) >= 11 is 0. The van der Waals surface area contributed by atoms with Crippen molar-refractivity contribution >= 4 is 16.6 Å². The van der Waals surface area contributed by atoms with Gasteiger partial charge in [0.25, 0.3) is 0 Å². The Morgan fingerprint density at radius 2 is 1.94 bits per heavy atom. The van der Waals surface area contributed by atoms with Crippen LogP contribution in [-0.4, -0.2) is 53.0 Å². The first-order valence-electron chi connectivity index (χ1n) is 10.8. The number of carboxylic acid groups (broad SMARTS) is 1. The van der Waals surface area contributed by atoms with E-state index in [1.807, 2.05) is 16.7 Å². The van der Waals surface area contributed by atoms with Crippen LogP contribution in [0.2, 0.25) is 0 Å². The first-order valence-corrected chi connectivity index (χ1v) is 12.9. The molecular formula is C24H34NO7S+. The van der Waals surface area contributed by atoms with Crippen molar-refractivity contribution in [1.82, 2.24) is 4.57 Å². The summed E-state index contributed by atoms with van der Waals surface area (Å²) in [7, 11) is 1.31. The van der Waals surface area contributed by atoms with E-state index < -0.39 is 22.0 Å². The quantitative estimate of drug-likeness (QED) is 0.455. The van der Waals surface area contributed by atoms with Crippen molar-refractivity contribution in [3.05, 3.63) is 45.7 Å². The molecule has 3 N–H and O–H groups in total. The molecule has 0 radical (unpaired) electrons. The highest BCUT2D eigenvalue weighted by atomic mass is 32.3. The van der Waals surface area contributed by atoms with Crippen molar-refractivity contribution < 1.29 is 28.1 Å². The number of ether oxygens (including phenoxy) is 2. The summed E-state index contributed by atoms with van der Waals surface area (Å²) in [5.74, 6) is 0.539. The Balaban J connectivity index is 2.02. The Morgan fingerprint density at radius 1 is 1.24 bits per heavy atom. The number of carbonyl (C=O) groups is 1. The molecule has 182 valence electrons. The topological polar surface area (TPSA) is 110 Å². The molecule has 1 aliphatic heterocycles. The van der Waals surface area contributed by atoms with E-state index in [-0.39, 0.29) is 17.0 Å². The van der Waals surface area contributed by atoms with Gasteiger partial charge in [0.15, 0.2) is 16.9 Å². The van der Waals surface area contributed by atoms with Gasteiger partial charge in [-0.05, 0) is 29.5 Å². The summed E-state index contributed by atoms with van der Waals surface area (Å²) in [6.45, 7) is 6.73. The maximum Gasteiger partial charge on any atom is 0.341 e. The third-order valence-electron chi connectivity index (χ3n) is 6.03. The second-order valence-corrected chi connectivity index (χ2v) is 12.2. The lowest BCUT2D eigenvalue weighted by molar-refractivity contribution is 0.0693. The molecule has 2 heterocycles. The molecule has 0 bridgehead atoms. The van der Waals surface area contributed by atoms with E-state index in [1.165, 1.54) is 12.3 Å². The van der Waals surface area contributed by atoms with E-state index in [4.69, 9.17) is 18.2 Å². The van der Waals surface area contributed by atoms with Crippen molar-refractivity contribution in [2.45, 2.75) is 39.7 Å². The highest BCUT2D eigenvalue weighted by Crippen LogP contribution is 2.46. The Hall–Kier alpha value is -2.49. The first-order chi connectivity index (χ1) is 15.4. The van der Waals surface area contributed by atoms with Crippen LogP contribution in [0, 0.1) is 5.41 Å². The number of fused-ring (bicyclic) bond motifs is 3. The van der Waals surface area contributed by atoms with Crippen LogP contribution in [0.1, 0.15) is 49.2 Å². The fraction of sp³-hybridized carbons (Fsp3) is 0.500. The smallest absolute Gasteiger partial charge is 0.341 e. The van der Waals surface area contributed by atoms with Gasteiger partial charge in [-0.3, -0.25) is 8.98 Å². The largest absolute Gasteiger partial charge is 0.493 e. The van der Waals surface area contributed by atoms with E-state index in [1.54, 1.807) is 20.5 Å². The van der Waals surface area contributed by atoms with Crippen LogP contribution in [0.5, 0.6) is 11.5 Å². The summed E-state index contributed by atoms with van der Waals surface area (Å²) < 4.78 is 26.8. The fourth-order valence-corrected chi connectivity index (χ4v) is 4.93. The van der Waals surface area contributed by atoms with Gasteiger partial charge >= 0.3 is 5.97 Å². The van der Waals surface area contributed by atoms with E-state index in [9.17, 15) is 14.7 Å². The van der Waals surface area contributed by atoms with Crippen LogP contribution in [0.4, 0.5) is 0 Å². The van der Waals surface area contributed by atoms with Crippen LogP contribution in [0.3, 0.4) is 0 Å². The number of pyridine rings is 1. The van der Waals surface area contributed by atoms with E-state index >= 15 is 0 Å². The molecule has 0 fully saturated rings. The Bertz CT molecular complexity index is 1100. The van der Waals surface area contributed by atoms with Crippen molar-refractivity contribution in [3.8, 4) is 22.8 Å². The van der Waals surface area contributed by atoms with Gasteiger partial charge in [0.1, 0.15) is 5.56 Å². The molecule has 1 aromatic heterocycles. The number of hydrogen-bond donors (Lipinski definition) is 1. The average Bonchev–Trinajstić information content (AvgIpc) is 2.74. The van der Waals surface area contributed by atoms with E-state index in [2.05, 4.69) is 20.8 Å². The van der Waals surface area contributed by atoms with Crippen molar-refractivity contribution in [1.29, 1.82) is 0 Å². The number of rotatable bonds is 8. The molecule has 1 aliphatic rings. The molecule has 0 aliphatic carbocycles. The summed E-state index contributed by atoms with van der Waals surface area (Å²) in [4.78, 5) is 24.1. The van der Waals surface area contributed by atoms with Gasteiger partial charge in [-0.15, -0.1) is 10.6 Å². The number of nitrogens with zero attached hydrogens (tertiary/aromatic N) is 1. The molecule has 9 heteroatoms. The first kappa shape index (κ1) is 25.1. The highest BCUT2D eigenvalue weighted by molar-refractivity contribution is 8.24. The van der Waals surface area contributed by atoms with Gasteiger partial charge in [-0.2, -0.15) is 0 Å². The zero-order chi connectivity index (χ0) is 24.6. The molecule has 33 heavy (non-hydrogen) atoms. The number of aromatic carboxylic acids is 1. The van der Waals surface area contributed by atoms with E-state index in [0.717, 1.165) is 11.1 Å². The summed E-state index contributed by atoms with van der Waals surface area (Å²) in [5, 5.41) is 9.47. The third-order valence-corrected chi connectivity index (χ3v) is 7.83. The maximum atomic E-state index is 12.5. The minimum atomic E-state index is -1.81. The molecule has 2 unspecified atom stereocenters. The second kappa shape index (κ2) is 9.40. The zero-order valence-corrected chi connectivity index (χ0v) is 20.9. The Morgan fingerprint density at radius 3 is 2.52 bits per heavy atom. The summed E-state index contributed by atoms with van der Waals surface area (Å²) in [5.41, 5.74) is 1.58. The van der Waals surface area contributed by atoms with Gasteiger partial charge in [0.05, 0.1) is 38.5 Å². The molecular weight excluding hydrogens is 446 g/mol. The van der Waals surface area contributed by atoms with Crippen LogP contribution in [0.25, 0.3) is 11.3 Å². The Labute approximate surface area is 195 Å². The minimum Gasteiger partial charge on any atom is -0.493 e. The number of carboxylic acids is 1. The van der Waals surface area contributed by atoms with Gasteiger partial charge in [0.2, 0.25) is 0 Å². The molecule has 0 spiro atoms. The lowest BCUT2D eigenvalue weighted by Gasteiger charge is -2.39. The molecule has 0 saturated carbocycles. The molecule has 2 atom stereocenters. The Kier molecular flexibility index (Phi) is 7.16. The van der Waals surface area contributed by atoms with Gasteiger partial charge in [-0.25, -0.2) is 4.79 Å². The van der Waals surface area contributed by atoms with Crippen molar-refractivity contribution in [3.63, 3.8) is 0 Å². The predicted molar refractivity (Wildman–Crippen MR) is 131 cm³/mol. The molecule has 0 saturated heterocycles. The van der Waals surface area contributed by atoms with Gasteiger partial charge < -0.3 is 23.7 Å². The van der Waals surface area contributed by atoms with Crippen LogP contribution in [-0.2, 0) is 10.6 Å². The zero-order valence-electron chi connectivity index (χ0n) is 20.1. The summed E-state index contributed by atoms with van der Waals surface area (Å²) in [6.07, 6.45) is 4.61. The average molecular weight is 481 g/mol. The standard InChI is InChI=1S/C24H33NO7S/c1-24(2,3)22-11-15-10-21(32-8-7-9-33(6,29)31-5)20(30-4)12-16(15)18-13-19(26)17(23(27)28)14-25(18)22/h10,12-14,22,29H,7-9,11H2,1-6H3,(H,27,28)/p+1. The second-order valence-electron chi connectivity index (χ2n) is 9.47. The van der Waals surface area contributed by atoms with Crippen LogP contribution < -0.4 is 14.9 Å². The highest BCUT2D eigenvalue weighted by Gasteiger charge is 2.34. The third kappa shape index (κ3) is 5.37. The molecule has 0 amide bonds. The van der Waals surface area contributed by atoms with Crippen molar-refractivity contribution in [2.75, 3.05) is 32.8 Å². The lowest BCUT2D eigenvalue weighted by atomic mass is 9.78. The lowest BCUT2D eigenvalue weighted by Crippen LogP contribution is -2.32. The van der Waals surface area contributed by atoms with Crippen molar-refractivity contribution in [2.24, 2.45) is 5.41 Å². The maximum absolute atomic E-state index is 12.5. The molecule has 8 nitrogen and oxygen atoms in total. The predicted octanol–water partition coefficient (Wildman–Crippen LogP) is 3.77. The molecule has 3 rings (SSSR count). The van der Waals surface area contributed by atoms with Gasteiger partial charge in [-0.1, -0.05) is 20.8 Å². The minimum absolute atomic E-state index is 0.0470. The molecule has 2 aromatic rings. The van der Waals surface area contributed by atoms with E-state index in [0.29, 0.717) is 42.4 Å². The fourth-order valence-electron chi connectivity index (χ4n) is 4.10. The normalized spacial score (nSPS) is 18.0. The molecule has 1 aromatic carbocycles. The SMILES string of the molecule is COc1cc2c(cc1OCCCS(C)([OH2+])OC)CC(C(C)(C)C)n1cc(C(=O)O)c(=O)cc1-2. The monoisotopic (exact) mass is 480 g/mol. The number of methoxy groups -OCH3 is 1. The number of benzene rings is 1. The van der Waals surface area contributed by atoms with Crippen LogP contribution in [0.15, 0.2) is 29.2 Å².